The van der Waals surface area contributed by atoms with Gasteiger partial charge in [0.15, 0.2) is 0 Å². The lowest BCUT2D eigenvalue weighted by Gasteiger charge is -2.36. The third-order valence-electron chi connectivity index (χ3n) is 5.09. The molecule has 0 atom stereocenters. The fourth-order valence-electron chi connectivity index (χ4n) is 3.48. The maximum atomic E-state index is 12.5. The van der Waals surface area contributed by atoms with Crippen molar-refractivity contribution >= 4 is 51.8 Å². The molecule has 31 heavy (non-hydrogen) atoms. The van der Waals surface area contributed by atoms with Crippen molar-refractivity contribution in [3.05, 3.63) is 57.9 Å². The summed E-state index contributed by atoms with van der Waals surface area (Å²) < 4.78 is 0.718. The number of nitrogens with zero attached hydrogens (tertiary/aromatic N) is 3. The molecule has 1 aliphatic heterocycles. The standard InChI is InChI=1S/C22H23ClN4O2S2/c23-19-7-6-18(31-19)22-25-16(15-30-22)14-20(28)24-9-8-21(29)27-12-10-26(11-13-27)17-4-2-1-3-5-17/h1-7,15H,8-14H2,(H,24,28). The van der Waals surface area contributed by atoms with Crippen LogP contribution in [0.2, 0.25) is 4.34 Å². The predicted molar refractivity (Wildman–Crippen MR) is 127 cm³/mol. The molecule has 0 aliphatic carbocycles. The number of amides is 2. The smallest absolute Gasteiger partial charge is 0.226 e. The summed E-state index contributed by atoms with van der Waals surface area (Å²) in [4.78, 5) is 34.4. The Morgan fingerprint density at radius 1 is 1.06 bits per heavy atom. The number of nitrogens with one attached hydrogen (secondary N) is 1. The van der Waals surface area contributed by atoms with E-state index < -0.39 is 0 Å². The molecule has 6 nitrogen and oxygen atoms in total. The molecule has 9 heteroatoms. The Labute approximate surface area is 194 Å². The van der Waals surface area contributed by atoms with E-state index in [0.717, 1.165) is 33.0 Å². The number of thiazole rings is 1. The minimum Gasteiger partial charge on any atom is -0.368 e. The number of benzene rings is 1. The van der Waals surface area contributed by atoms with Gasteiger partial charge in [0.05, 0.1) is 21.3 Å². The lowest BCUT2D eigenvalue weighted by atomic mass is 10.2. The van der Waals surface area contributed by atoms with Gasteiger partial charge in [-0.2, -0.15) is 0 Å². The number of thiophene rings is 1. The molecule has 0 spiro atoms. The van der Waals surface area contributed by atoms with E-state index in [2.05, 4.69) is 27.3 Å². The van der Waals surface area contributed by atoms with E-state index in [0.29, 0.717) is 26.1 Å². The lowest BCUT2D eigenvalue weighted by Crippen LogP contribution is -2.49. The number of carbonyl (C=O) groups is 2. The van der Waals surface area contributed by atoms with Crippen LogP contribution in [0.15, 0.2) is 47.8 Å². The molecule has 0 radical (unpaired) electrons. The minimum absolute atomic E-state index is 0.0820. The van der Waals surface area contributed by atoms with Crippen molar-refractivity contribution in [1.29, 1.82) is 0 Å². The highest BCUT2D eigenvalue weighted by Gasteiger charge is 2.21. The van der Waals surface area contributed by atoms with E-state index in [4.69, 9.17) is 11.6 Å². The van der Waals surface area contributed by atoms with Crippen LogP contribution >= 0.6 is 34.3 Å². The highest BCUT2D eigenvalue weighted by molar-refractivity contribution is 7.23. The van der Waals surface area contributed by atoms with Crippen LogP contribution in [0.4, 0.5) is 5.69 Å². The van der Waals surface area contributed by atoms with Gasteiger partial charge in [0.2, 0.25) is 11.8 Å². The molecule has 4 rings (SSSR count). The molecule has 162 valence electrons. The molecular formula is C22H23ClN4O2S2. The highest BCUT2D eigenvalue weighted by atomic mass is 35.5. The molecule has 0 saturated carbocycles. The first-order valence-corrected chi connectivity index (χ1v) is 12.2. The van der Waals surface area contributed by atoms with Crippen LogP contribution in [0.25, 0.3) is 9.88 Å². The first kappa shape index (κ1) is 21.8. The normalized spacial score (nSPS) is 14.0. The van der Waals surface area contributed by atoms with Gasteiger partial charge >= 0.3 is 0 Å². The minimum atomic E-state index is -0.122. The summed E-state index contributed by atoms with van der Waals surface area (Å²) in [5.41, 5.74) is 1.92. The molecule has 0 bridgehead atoms. The van der Waals surface area contributed by atoms with Crippen LogP contribution in [0.3, 0.4) is 0 Å². The van der Waals surface area contributed by atoms with Gasteiger partial charge in [-0.05, 0) is 24.3 Å². The molecule has 2 aromatic heterocycles. The number of halogens is 1. The fraction of sp³-hybridized carbons (Fsp3) is 0.318. The molecule has 1 fully saturated rings. The van der Waals surface area contributed by atoms with Crippen molar-refractivity contribution in [1.82, 2.24) is 15.2 Å². The molecule has 1 N–H and O–H groups in total. The van der Waals surface area contributed by atoms with Crippen molar-refractivity contribution < 1.29 is 9.59 Å². The number of hydrogen-bond acceptors (Lipinski definition) is 6. The summed E-state index contributed by atoms with van der Waals surface area (Å²) >= 11 is 8.94. The summed E-state index contributed by atoms with van der Waals surface area (Å²) in [7, 11) is 0. The number of piperazine rings is 1. The number of carbonyl (C=O) groups excluding carboxylic acids is 2. The predicted octanol–water partition coefficient (Wildman–Crippen LogP) is 3.92. The van der Waals surface area contributed by atoms with E-state index in [1.54, 1.807) is 0 Å². The Hall–Kier alpha value is -2.42. The van der Waals surface area contributed by atoms with Crippen molar-refractivity contribution in [2.45, 2.75) is 12.8 Å². The van der Waals surface area contributed by atoms with Gasteiger partial charge in [-0.3, -0.25) is 9.59 Å². The van der Waals surface area contributed by atoms with Gasteiger partial charge in [-0.15, -0.1) is 22.7 Å². The maximum Gasteiger partial charge on any atom is 0.226 e. The fourth-order valence-corrected chi connectivity index (χ4v) is 5.41. The third-order valence-corrected chi connectivity index (χ3v) is 7.38. The molecule has 0 unspecified atom stereocenters. The second-order valence-corrected chi connectivity index (χ2v) is 9.80. The van der Waals surface area contributed by atoms with Crippen LogP contribution < -0.4 is 10.2 Å². The molecule has 1 saturated heterocycles. The largest absolute Gasteiger partial charge is 0.368 e. The van der Waals surface area contributed by atoms with Gasteiger partial charge in [-0.25, -0.2) is 4.98 Å². The van der Waals surface area contributed by atoms with Crippen LogP contribution in [0, 0.1) is 0 Å². The van der Waals surface area contributed by atoms with Crippen LogP contribution in [-0.2, 0) is 16.0 Å². The number of aromatic nitrogens is 1. The molecule has 1 aliphatic rings. The third kappa shape index (κ3) is 5.84. The van der Waals surface area contributed by atoms with Crippen LogP contribution in [0.5, 0.6) is 0 Å². The van der Waals surface area contributed by atoms with Crippen LogP contribution in [-0.4, -0.2) is 54.4 Å². The van der Waals surface area contributed by atoms with E-state index in [9.17, 15) is 9.59 Å². The zero-order chi connectivity index (χ0) is 21.6. The Balaban J connectivity index is 1.17. The Kier molecular flexibility index (Phi) is 7.21. The number of rotatable bonds is 7. The summed E-state index contributed by atoms with van der Waals surface area (Å²) in [5.74, 6) is -0.0405. The first-order valence-electron chi connectivity index (χ1n) is 10.1. The lowest BCUT2D eigenvalue weighted by molar-refractivity contribution is -0.131. The van der Waals surface area contributed by atoms with Crippen molar-refractivity contribution in [2.75, 3.05) is 37.6 Å². The van der Waals surface area contributed by atoms with Crippen molar-refractivity contribution in [3.8, 4) is 9.88 Å². The van der Waals surface area contributed by atoms with Gasteiger partial charge in [0.25, 0.3) is 0 Å². The molecule has 2 amide bonds. The average molecular weight is 475 g/mol. The Morgan fingerprint density at radius 2 is 1.84 bits per heavy atom. The first-order chi connectivity index (χ1) is 15.1. The van der Waals surface area contributed by atoms with E-state index in [1.807, 2.05) is 40.6 Å². The zero-order valence-corrected chi connectivity index (χ0v) is 19.3. The average Bonchev–Trinajstić information content (AvgIpc) is 3.43. The summed E-state index contributed by atoms with van der Waals surface area (Å²) in [6.45, 7) is 3.40. The van der Waals surface area contributed by atoms with Gasteiger partial charge in [0.1, 0.15) is 5.01 Å². The Bertz CT molecular complexity index is 1030. The van der Waals surface area contributed by atoms with E-state index >= 15 is 0 Å². The van der Waals surface area contributed by atoms with E-state index in [-0.39, 0.29) is 18.2 Å². The van der Waals surface area contributed by atoms with Gasteiger partial charge in [0, 0.05) is 50.2 Å². The SMILES string of the molecule is O=C(Cc1csc(-c2ccc(Cl)s2)n1)NCCC(=O)N1CCN(c2ccccc2)CC1. The highest BCUT2D eigenvalue weighted by Crippen LogP contribution is 2.32. The monoisotopic (exact) mass is 474 g/mol. The Morgan fingerprint density at radius 3 is 2.55 bits per heavy atom. The second-order valence-electron chi connectivity index (χ2n) is 7.23. The van der Waals surface area contributed by atoms with Crippen molar-refractivity contribution in [3.63, 3.8) is 0 Å². The maximum absolute atomic E-state index is 12.5. The van der Waals surface area contributed by atoms with Crippen LogP contribution in [0.1, 0.15) is 12.1 Å². The number of hydrogen-bond donors (Lipinski definition) is 1. The zero-order valence-electron chi connectivity index (χ0n) is 16.9. The summed E-state index contributed by atoms with van der Waals surface area (Å²) in [5, 5.41) is 5.59. The van der Waals surface area contributed by atoms with Gasteiger partial charge < -0.3 is 15.1 Å². The number of para-hydroxylation sites is 1. The molecule has 3 aromatic rings. The van der Waals surface area contributed by atoms with Crippen molar-refractivity contribution in [2.24, 2.45) is 0 Å². The topological polar surface area (TPSA) is 65.5 Å². The molecular weight excluding hydrogens is 452 g/mol. The quantitative estimate of drug-likeness (QED) is 0.563. The van der Waals surface area contributed by atoms with E-state index in [1.165, 1.54) is 28.4 Å². The number of anilines is 1. The van der Waals surface area contributed by atoms with Gasteiger partial charge in [-0.1, -0.05) is 29.8 Å². The molecule has 1 aromatic carbocycles. The molecule has 3 heterocycles. The second kappa shape index (κ2) is 10.3. The summed E-state index contributed by atoms with van der Waals surface area (Å²) in [6.07, 6.45) is 0.520. The summed E-state index contributed by atoms with van der Waals surface area (Å²) in [6, 6.07) is 14.0.